The van der Waals surface area contributed by atoms with Crippen LogP contribution in [0.3, 0.4) is 0 Å². The molecule has 2 amide bonds. The summed E-state index contributed by atoms with van der Waals surface area (Å²) in [5.74, 6) is -0.104. The minimum absolute atomic E-state index is 0.166. The first-order valence-corrected chi connectivity index (χ1v) is 9.63. The number of anilines is 1. The van der Waals surface area contributed by atoms with E-state index in [1.165, 1.54) is 6.21 Å². The summed E-state index contributed by atoms with van der Waals surface area (Å²) < 4.78 is 5.46. The van der Waals surface area contributed by atoms with Crippen molar-refractivity contribution in [1.29, 1.82) is 0 Å². The van der Waals surface area contributed by atoms with E-state index >= 15 is 0 Å². The number of benzene rings is 3. The number of hydrazone groups is 1. The molecule has 8 heteroatoms. The zero-order valence-electron chi connectivity index (χ0n) is 15.6. The fraction of sp³-hybridized carbons (Fsp3) is 0.0455. The molecule has 6 nitrogen and oxygen atoms in total. The van der Waals surface area contributed by atoms with Crippen molar-refractivity contribution < 1.29 is 14.3 Å². The highest BCUT2D eigenvalue weighted by atomic mass is 35.5. The number of carbonyl (C=O) groups is 2. The first-order valence-electron chi connectivity index (χ1n) is 8.87. The Morgan fingerprint density at radius 2 is 1.67 bits per heavy atom. The third-order valence-electron chi connectivity index (χ3n) is 3.87. The Bertz CT molecular complexity index is 1050. The number of hydrogen-bond donors (Lipinski definition) is 2. The van der Waals surface area contributed by atoms with Crippen LogP contribution >= 0.6 is 23.2 Å². The molecule has 0 fully saturated rings. The molecule has 30 heavy (non-hydrogen) atoms. The number of nitrogens with zero attached hydrogens (tertiary/aromatic N) is 1. The van der Waals surface area contributed by atoms with E-state index in [9.17, 15) is 9.59 Å². The molecule has 0 saturated carbocycles. The van der Waals surface area contributed by atoms with Crippen molar-refractivity contribution in [1.82, 2.24) is 5.43 Å². The number of halogens is 2. The lowest BCUT2D eigenvalue weighted by molar-refractivity contribution is -0.118. The van der Waals surface area contributed by atoms with Crippen LogP contribution in [-0.2, 0) is 4.79 Å². The van der Waals surface area contributed by atoms with Crippen LogP contribution in [-0.4, -0.2) is 24.6 Å². The Balaban J connectivity index is 1.46. The maximum absolute atomic E-state index is 12.0. The van der Waals surface area contributed by atoms with Crippen LogP contribution in [0.1, 0.15) is 15.9 Å². The van der Waals surface area contributed by atoms with Gasteiger partial charge in [-0.1, -0.05) is 41.4 Å². The Labute approximate surface area is 183 Å². The van der Waals surface area contributed by atoms with Crippen LogP contribution in [0.5, 0.6) is 5.75 Å². The Kier molecular flexibility index (Phi) is 7.43. The lowest BCUT2D eigenvalue weighted by atomic mass is 10.2. The van der Waals surface area contributed by atoms with Crippen molar-refractivity contribution in [3.05, 3.63) is 94.0 Å². The molecule has 0 radical (unpaired) electrons. The van der Waals surface area contributed by atoms with E-state index in [0.29, 0.717) is 27.0 Å². The molecular weight excluding hydrogens is 425 g/mol. The molecule has 3 aromatic carbocycles. The van der Waals surface area contributed by atoms with Gasteiger partial charge in [-0.2, -0.15) is 5.10 Å². The third kappa shape index (κ3) is 6.34. The van der Waals surface area contributed by atoms with E-state index < -0.39 is 0 Å². The number of hydrogen-bond acceptors (Lipinski definition) is 4. The van der Waals surface area contributed by atoms with Crippen LogP contribution in [0.4, 0.5) is 5.69 Å². The second-order valence-corrected chi connectivity index (χ2v) is 6.91. The predicted octanol–water partition coefficient (Wildman–Crippen LogP) is 4.77. The van der Waals surface area contributed by atoms with E-state index in [4.69, 9.17) is 27.9 Å². The highest BCUT2D eigenvalue weighted by Crippen LogP contribution is 2.25. The standard InChI is InChI=1S/C22H17Cl2N3O3/c23-19-11-8-17(12-20(19)24)26-21(28)14-30-18-9-6-15(7-10-18)13-25-27-22(29)16-4-2-1-3-5-16/h1-13H,14H2,(H,26,28)(H,27,29)/b25-13+. The van der Waals surface area contributed by atoms with Crippen molar-refractivity contribution in [3.8, 4) is 5.75 Å². The first-order chi connectivity index (χ1) is 14.5. The lowest BCUT2D eigenvalue weighted by Crippen LogP contribution is -2.20. The van der Waals surface area contributed by atoms with Crippen LogP contribution in [0.25, 0.3) is 0 Å². The summed E-state index contributed by atoms with van der Waals surface area (Å²) in [5, 5.41) is 7.37. The third-order valence-corrected chi connectivity index (χ3v) is 4.61. The molecule has 0 saturated heterocycles. The van der Waals surface area contributed by atoms with Gasteiger partial charge in [0.15, 0.2) is 6.61 Å². The SMILES string of the molecule is O=C(COc1ccc(/C=N/NC(=O)c2ccccc2)cc1)Nc1ccc(Cl)c(Cl)c1. The molecule has 3 rings (SSSR count). The fourth-order valence-electron chi connectivity index (χ4n) is 2.39. The van der Waals surface area contributed by atoms with E-state index in [1.54, 1.807) is 66.7 Å². The second kappa shape index (κ2) is 10.4. The van der Waals surface area contributed by atoms with Gasteiger partial charge in [0.2, 0.25) is 0 Å². The van der Waals surface area contributed by atoms with Gasteiger partial charge in [0.25, 0.3) is 11.8 Å². The number of amides is 2. The smallest absolute Gasteiger partial charge is 0.271 e. The van der Waals surface area contributed by atoms with Crippen molar-refractivity contribution in [2.75, 3.05) is 11.9 Å². The van der Waals surface area contributed by atoms with Crippen LogP contribution in [0.15, 0.2) is 77.9 Å². The first kappa shape index (κ1) is 21.4. The van der Waals surface area contributed by atoms with Crippen LogP contribution in [0, 0.1) is 0 Å². The average Bonchev–Trinajstić information content (AvgIpc) is 2.76. The predicted molar refractivity (Wildman–Crippen MR) is 119 cm³/mol. The lowest BCUT2D eigenvalue weighted by Gasteiger charge is -2.08. The summed E-state index contributed by atoms with van der Waals surface area (Å²) in [6.45, 7) is -0.166. The van der Waals surface area contributed by atoms with Gasteiger partial charge in [-0.05, 0) is 60.2 Å². The number of nitrogens with one attached hydrogen (secondary N) is 2. The summed E-state index contributed by atoms with van der Waals surface area (Å²) >= 11 is 11.8. The molecule has 152 valence electrons. The molecule has 0 aromatic heterocycles. The van der Waals surface area contributed by atoms with Crippen LogP contribution in [0.2, 0.25) is 10.0 Å². The van der Waals surface area contributed by atoms with E-state index in [2.05, 4.69) is 15.8 Å². The normalized spacial score (nSPS) is 10.6. The average molecular weight is 442 g/mol. The Hall–Kier alpha value is -3.35. The molecular formula is C22H17Cl2N3O3. The zero-order chi connectivity index (χ0) is 21.3. The molecule has 3 aromatic rings. The second-order valence-electron chi connectivity index (χ2n) is 6.10. The highest BCUT2D eigenvalue weighted by Gasteiger charge is 2.06. The minimum Gasteiger partial charge on any atom is -0.484 e. The molecule has 0 heterocycles. The van der Waals surface area contributed by atoms with E-state index in [0.717, 1.165) is 5.56 Å². The van der Waals surface area contributed by atoms with Gasteiger partial charge >= 0.3 is 0 Å². The van der Waals surface area contributed by atoms with Crippen LogP contribution < -0.4 is 15.5 Å². The van der Waals surface area contributed by atoms with Gasteiger partial charge in [0.05, 0.1) is 16.3 Å². The maximum Gasteiger partial charge on any atom is 0.271 e. The maximum atomic E-state index is 12.0. The minimum atomic E-state index is -0.331. The van der Waals surface area contributed by atoms with Gasteiger partial charge in [-0.3, -0.25) is 9.59 Å². The zero-order valence-corrected chi connectivity index (χ0v) is 17.2. The van der Waals surface area contributed by atoms with Crippen molar-refractivity contribution in [2.24, 2.45) is 5.10 Å². The molecule has 0 bridgehead atoms. The van der Waals surface area contributed by atoms with E-state index in [1.807, 2.05) is 6.07 Å². The molecule has 0 spiro atoms. The van der Waals surface area contributed by atoms with Gasteiger partial charge in [0, 0.05) is 11.3 Å². The highest BCUT2D eigenvalue weighted by molar-refractivity contribution is 6.42. The summed E-state index contributed by atoms with van der Waals surface area (Å²) in [4.78, 5) is 23.9. The largest absolute Gasteiger partial charge is 0.484 e. The summed E-state index contributed by atoms with van der Waals surface area (Å²) in [7, 11) is 0. The monoisotopic (exact) mass is 441 g/mol. The molecule has 0 atom stereocenters. The fourth-order valence-corrected chi connectivity index (χ4v) is 2.69. The number of carbonyl (C=O) groups excluding carboxylic acids is 2. The van der Waals surface area contributed by atoms with E-state index in [-0.39, 0.29) is 18.4 Å². The number of ether oxygens (including phenoxy) is 1. The Morgan fingerprint density at radius 1 is 0.933 bits per heavy atom. The molecule has 2 N–H and O–H groups in total. The summed E-state index contributed by atoms with van der Waals surface area (Å²) in [5.41, 5.74) is 4.28. The van der Waals surface area contributed by atoms with Crippen molar-refractivity contribution in [2.45, 2.75) is 0 Å². The van der Waals surface area contributed by atoms with Gasteiger partial charge in [-0.15, -0.1) is 0 Å². The molecule has 0 aliphatic rings. The summed E-state index contributed by atoms with van der Waals surface area (Å²) in [6.07, 6.45) is 1.52. The molecule has 0 aliphatic heterocycles. The van der Waals surface area contributed by atoms with Crippen molar-refractivity contribution in [3.63, 3.8) is 0 Å². The Morgan fingerprint density at radius 3 is 2.37 bits per heavy atom. The van der Waals surface area contributed by atoms with Crippen molar-refractivity contribution >= 4 is 46.9 Å². The topological polar surface area (TPSA) is 79.8 Å². The van der Waals surface area contributed by atoms with Gasteiger partial charge in [0.1, 0.15) is 5.75 Å². The number of rotatable bonds is 7. The molecule has 0 aliphatic carbocycles. The summed E-state index contributed by atoms with van der Waals surface area (Å²) in [6, 6.07) is 20.5. The quantitative estimate of drug-likeness (QED) is 0.409. The molecule has 0 unspecified atom stereocenters. The van der Waals surface area contributed by atoms with Gasteiger partial charge < -0.3 is 10.1 Å². The van der Waals surface area contributed by atoms with Gasteiger partial charge in [-0.25, -0.2) is 5.43 Å².